The highest BCUT2D eigenvalue weighted by Gasteiger charge is 2.39. The van der Waals surface area contributed by atoms with Crippen molar-refractivity contribution in [1.29, 1.82) is 5.26 Å². The lowest BCUT2D eigenvalue weighted by Gasteiger charge is -2.33. The summed E-state index contributed by atoms with van der Waals surface area (Å²) < 4.78 is 54.1. The normalized spacial score (nSPS) is 13.4. The number of methoxy groups -OCH3 is 2. The SMILES string of the molecule is COc1cc(CCN(C)CCCC(C#N)(c2ccccc2OCC(F)(F)F)C(C)C)cc(OC)c1. The van der Waals surface area contributed by atoms with Crippen LogP contribution < -0.4 is 14.2 Å². The van der Waals surface area contributed by atoms with Gasteiger partial charge in [0.25, 0.3) is 0 Å². The van der Waals surface area contributed by atoms with Crippen LogP contribution in [0.3, 0.4) is 0 Å². The fourth-order valence-corrected chi connectivity index (χ4v) is 4.17. The van der Waals surface area contributed by atoms with E-state index in [1.807, 2.05) is 39.1 Å². The number of para-hydroxylation sites is 1. The maximum absolute atomic E-state index is 12.8. The second-order valence-electron chi connectivity index (χ2n) is 9.02. The molecule has 192 valence electrons. The van der Waals surface area contributed by atoms with Gasteiger partial charge in [0.05, 0.1) is 25.7 Å². The molecule has 0 amide bonds. The van der Waals surface area contributed by atoms with Gasteiger partial charge >= 0.3 is 6.18 Å². The van der Waals surface area contributed by atoms with Crippen molar-refractivity contribution >= 4 is 0 Å². The molecule has 0 aliphatic carbocycles. The Morgan fingerprint density at radius 3 is 2.17 bits per heavy atom. The van der Waals surface area contributed by atoms with Gasteiger partial charge in [0.2, 0.25) is 0 Å². The van der Waals surface area contributed by atoms with Gasteiger partial charge in [-0.3, -0.25) is 0 Å². The van der Waals surface area contributed by atoms with Gasteiger partial charge in [0.1, 0.15) is 17.2 Å². The van der Waals surface area contributed by atoms with Gasteiger partial charge in [-0.25, -0.2) is 0 Å². The van der Waals surface area contributed by atoms with E-state index in [9.17, 15) is 18.4 Å². The van der Waals surface area contributed by atoms with Crippen molar-refractivity contribution in [3.8, 4) is 23.3 Å². The predicted octanol–water partition coefficient (Wildman–Crippen LogP) is 6.02. The molecule has 0 radical (unpaired) electrons. The smallest absolute Gasteiger partial charge is 0.422 e. The summed E-state index contributed by atoms with van der Waals surface area (Å²) in [5.74, 6) is 1.48. The molecule has 0 fully saturated rings. The molecule has 0 N–H and O–H groups in total. The number of halogens is 3. The number of rotatable bonds is 13. The standard InChI is InChI=1S/C27H35F3N2O3/c1-20(2)26(18-31,24-9-6-7-10-25(24)35-19-27(28,29)30)12-8-13-32(3)14-11-21-15-22(33-4)17-23(16-21)34-5/h6-7,9-10,15-17,20H,8,11-14,19H2,1-5H3. The Kier molecular flexibility index (Phi) is 10.3. The van der Waals surface area contributed by atoms with E-state index in [0.717, 1.165) is 36.6 Å². The molecular weight excluding hydrogens is 457 g/mol. The Balaban J connectivity index is 2.07. The number of likely N-dealkylation sites (N-methyl/N-ethyl adjacent to an activating group) is 1. The molecule has 0 bridgehead atoms. The van der Waals surface area contributed by atoms with Crippen LogP contribution in [0.1, 0.15) is 37.8 Å². The zero-order chi connectivity index (χ0) is 26.1. The average Bonchev–Trinajstić information content (AvgIpc) is 2.83. The van der Waals surface area contributed by atoms with Gasteiger partial charge in [-0.15, -0.1) is 0 Å². The quantitative estimate of drug-likeness (QED) is 0.342. The maximum Gasteiger partial charge on any atom is 0.422 e. The number of nitriles is 1. The minimum atomic E-state index is -4.45. The zero-order valence-corrected chi connectivity index (χ0v) is 21.1. The second kappa shape index (κ2) is 12.7. The Morgan fingerprint density at radius 1 is 1.00 bits per heavy atom. The first kappa shape index (κ1) is 28.3. The summed E-state index contributed by atoms with van der Waals surface area (Å²) in [5, 5.41) is 10.2. The van der Waals surface area contributed by atoms with Gasteiger partial charge < -0.3 is 19.1 Å². The fraction of sp³-hybridized carbons (Fsp3) is 0.519. The lowest BCUT2D eigenvalue weighted by molar-refractivity contribution is -0.153. The molecule has 0 heterocycles. The molecule has 1 atom stereocenters. The van der Waals surface area contributed by atoms with Crippen LogP contribution in [0, 0.1) is 17.2 Å². The van der Waals surface area contributed by atoms with Crippen molar-refractivity contribution in [2.24, 2.45) is 5.92 Å². The summed E-state index contributed by atoms with van der Waals surface area (Å²) in [6, 6.07) is 14.8. The molecule has 1 unspecified atom stereocenters. The summed E-state index contributed by atoms with van der Waals surface area (Å²) in [4.78, 5) is 2.18. The molecule has 2 rings (SSSR count). The van der Waals surface area contributed by atoms with Crippen molar-refractivity contribution < 1.29 is 27.4 Å². The van der Waals surface area contributed by atoms with Crippen LogP contribution in [0.2, 0.25) is 0 Å². The van der Waals surface area contributed by atoms with E-state index < -0.39 is 18.2 Å². The number of hydrogen-bond donors (Lipinski definition) is 0. The number of ether oxygens (including phenoxy) is 3. The third kappa shape index (κ3) is 8.07. The van der Waals surface area contributed by atoms with Crippen molar-refractivity contribution in [3.63, 3.8) is 0 Å². The van der Waals surface area contributed by atoms with Crippen molar-refractivity contribution in [3.05, 3.63) is 53.6 Å². The van der Waals surface area contributed by atoms with Crippen LogP contribution in [0.4, 0.5) is 13.2 Å². The van der Waals surface area contributed by atoms with Crippen LogP contribution in [0.15, 0.2) is 42.5 Å². The van der Waals surface area contributed by atoms with Crippen LogP contribution >= 0.6 is 0 Å². The average molecular weight is 493 g/mol. The molecule has 0 aromatic heterocycles. The predicted molar refractivity (Wildman–Crippen MR) is 130 cm³/mol. The summed E-state index contributed by atoms with van der Waals surface area (Å²) in [5.41, 5.74) is 0.647. The molecule has 0 aliphatic rings. The van der Waals surface area contributed by atoms with E-state index in [2.05, 4.69) is 11.0 Å². The first-order chi connectivity index (χ1) is 16.5. The lowest BCUT2D eigenvalue weighted by Crippen LogP contribution is -2.33. The Labute approximate surface area is 206 Å². The van der Waals surface area contributed by atoms with Crippen molar-refractivity contribution in [2.45, 2.75) is 44.7 Å². The summed E-state index contributed by atoms with van der Waals surface area (Å²) >= 11 is 0. The lowest BCUT2D eigenvalue weighted by atomic mass is 9.69. The molecular formula is C27H35F3N2O3. The molecule has 2 aromatic rings. The van der Waals surface area contributed by atoms with Gasteiger partial charge in [0, 0.05) is 18.2 Å². The number of nitrogens with zero attached hydrogens (tertiary/aromatic N) is 2. The zero-order valence-electron chi connectivity index (χ0n) is 21.1. The third-order valence-electron chi connectivity index (χ3n) is 6.25. The highest BCUT2D eigenvalue weighted by Crippen LogP contribution is 2.41. The second-order valence-corrected chi connectivity index (χ2v) is 9.02. The molecule has 0 saturated carbocycles. The Hall–Kier alpha value is -2.92. The monoisotopic (exact) mass is 492 g/mol. The number of benzene rings is 2. The van der Waals surface area contributed by atoms with Gasteiger partial charge in [-0.1, -0.05) is 32.0 Å². The van der Waals surface area contributed by atoms with E-state index in [1.54, 1.807) is 32.4 Å². The number of hydrogen-bond acceptors (Lipinski definition) is 5. The van der Waals surface area contributed by atoms with E-state index in [-0.39, 0.29) is 11.7 Å². The summed E-state index contributed by atoms with van der Waals surface area (Å²) in [6.45, 7) is 3.99. The van der Waals surface area contributed by atoms with Gasteiger partial charge in [-0.2, -0.15) is 18.4 Å². The van der Waals surface area contributed by atoms with Crippen molar-refractivity contribution in [2.75, 3.05) is 41.0 Å². The van der Waals surface area contributed by atoms with Crippen molar-refractivity contribution in [1.82, 2.24) is 4.90 Å². The Bertz CT molecular complexity index is 966. The van der Waals surface area contributed by atoms with Crippen LogP contribution in [-0.2, 0) is 11.8 Å². The number of alkyl halides is 3. The first-order valence-corrected chi connectivity index (χ1v) is 11.7. The van der Waals surface area contributed by atoms with E-state index in [4.69, 9.17) is 14.2 Å². The van der Waals surface area contributed by atoms with E-state index in [0.29, 0.717) is 18.4 Å². The molecule has 0 saturated heterocycles. The van der Waals surface area contributed by atoms with Crippen LogP contribution in [-0.4, -0.2) is 52.0 Å². The minimum absolute atomic E-state index is 0.111. The van der Waals surface area contributed by atoms with Gasteiger partial charge in [-0.05, 0) is 62.5 Å². The molecule has 5 nitrogen and oxygen atoms in total. The van der Waals surface area contributed by atoms with Crippen LogP contribution in [0.25, 0.3) is 0 Å². The third-order valence-corrected chi connectivity index (χ3v) is 6.25. The largest absolute Gasteiger partial charge is 0.497 e. The van der Waals surface area contributed by atoms with E-state index >= 15 is 0 Å². The molecule has 2 aromatic carbocycles. The molecule has 0 aliphatic heterocycles. The Morgan fingerprint density at radius 2 is 1.63 bits per heavy atom. The van der Waals surface area contributed by atoms with E-state index in [1.165, 1.54) is 6.07 Å². The molecule has 35 heavy (non-hydrogen) atoms. The highest BCUT2D eigenvalue weighted by atomic mass is 19.4. The first-order valence-electron chi connectivity index (χ1n) is 11.7. The highest BCUT2D eigenvalue weighted by molar-refractivity contribution is 5.44. The maximum atomic E-state index is 12.8. The minimum Gasteiger partial charge on any atom is -0.497 e. The summed E-state index contributed by atoms with van der Waals surface area (Å²) in [7, 11) is 5.25. The van der Waals surface area contributed by atoms with Gasteiger partial charge in [0.15, 0.2) is 6.61 Å². The molecule has 8 heteroatoms. The molecule has 0 spiro atoms. The fourth-order valence-electron chi connectivity index (χ4n) is 4.17. The van der Waals surface area contributed by atoms with Crippen LogP contribution in [0.5, 0.6) is 17.2 Å². The summed E-state index contributed by atoms with van der Waals surface area (Å²) in [6.07, 6.45) is -2.44. The topological polar surface area (TPSA) is 54.7 Å².